The molecular formula is C15H21N3O. The van der Waals surface area contributed by atoms with E-state index < -0.39 is 0 Å². The van der Waals surface area contributed by atoms with Gasteiger partial charge in [-0.05, 0) is 24.6 Å². The fraction of sp³-hybridized carbons (Fsp3) is 0.400. The van der Waals surface area contributed by atoms with Gasteiger partial charge in [-0.15, -0.1) is 0 Å². The highest BCUT2D eigenvalue weighted by Crippen LogP contribution is 2.22. The maximum atomic E-state index is 5.68. The van der Waals surface area contributed by atoms with Crippen LogP contribution in [0.15, 0.2) is 42.7 Å². The van der Waals surface area contributed by atoms with Crippen molar-refractivity contribution in [1.29, 1.82) is 0 Å². The highest BCUT2D eigenvalue weighted by atomic mass is 16.5. The molecule has 0 radical (unpaired) electrons. The lowest BCUT2D eigenvalue weighted by atomic mass is 9.97. The minimum Gasteiger partial charge on any atom is -0.375 e. The molecule has 0 saturated carbocycles. The van der Waals surface area contributed by atoms with Crippen LogP contribution in [0.4, 0.5) is 0 Å². The average molecular weight is 259 g/mol. The van der Waals surface area contributed by atoms with Gasteiger partial charge in [0, 0.05) is 26.4 Å². The maximum absolute atomic E-state index is 5.68. The highest BCUT2D eigenvalue weighted by molar-refractivity contribution is 5.20. The first kappa shape index (κ1) is 13.8. The molecule has 102 valence electrons. The van der Waals surface area contributed by atoms with Crippen LogP contribution in [0.5, 0.6) is 0 Å². The molecule has 0 aliphatic rings. The fourth-order valence-corrected chi connectivity index (χ4v) is 2.37. The van der Waals surface area contributed by atoms with Crippen LogP contribution in [0.25, 0.3) is 0 Å². The molecule has 1 N–H and O–H groups in total. The van der Waals surface area contributed by atoms with Crippen molar-refractivity contribution < 1.29 is 4.74 Å². The molecule has 2 aromatic rings. The van der Waals surface area contributed by atoms with Crippen LogP contribution in [0.2, 0.25) is 0 Å². The van der Waals surface area contributed by atoms with Crippen molar-refractivity contribution in [3.8, 4) is 0 Å². The monoisotopic (exact) mass is 259 g/mol. The Kier molecular flexibility index (Phi) is 4.71. The molecule has 0 amide bonds. The van der Waals surface area contributed by atoms with Crippen molar-refractivity contribution >= 4 is 0 Å². The SMILES string of the molecule is CNC(Cc1cnn(C)c1)C(OC)c1ccccc1. The Balaban J connectivity index is 2.15. The van der Waals surface area contributed by atoms with Gasteiger partial charge in [0.15, 0.2) is 0 Å². The van der Waals surface area contributed by atoms with Crippen molar-refractivity contribution in [3.63, 3.8) is 0 Å². The molecule has 4 nitrogen and oxygen atoms in total. The van der Waals surface area contributed by atoms with Gasteiger partial charge in [0.05, 0.1) is 12.3 Å². The molecule has 1 aromatic carbocycles. The van der Waals surface area contributed by atoms with Crippen molar-refractivity contribution in [1.82, 2.24) is 15.1 Å². The van der Waals surface area contributed by atoms with Gasteiger partial charge >= 0.3 is 0 Å². The second kappa shape index (κ2) is 6.50. The van der Waals surface area contributed by atoms with Gasteiger partial charge in [-0.1, -0.05) is 30.3 Å². The summed E-state index contributed by atoms with van der Waals surface area (Å²) in [5.41, 5.74) is 2.40. The Morgan fingerprint density at radius 1 is 1.32 bits per heavy atom. The quantitative estimate of drug-likeness (QED) is 0.861. The van der Waals surface area contributed by atoms with Gasteiger partial charge in [0.1, 0.15) is 0 Å². The third-order valence-corrected chi connectivity index (χ3v) is 3.33. The minimum absolute atomic E-state index is 0.0337. The van der Waals surface area contributed by atoms with E-state index >= 15 is 0 Å². The lowest BCUT2D eigenvalue weighted by molar-refractivity contribution is 0.0704. The Labute approximate surface area is 114 Å². The summed E-state index contributed by atoms with van der Waals surface area (Å²) in [5.74, 6) is 0. The molecule has 1 aromatic heterocycles. The van der Waals surface area contributed by atoms with Gasteiger partial charge in [0.2, 0.25) is 0 Å². The standard InChI is InChI=1S/C15H21N3O/c1-16-14(9-12-10-17-18(2)11-12)15(19-3)13-7-5-4-6-8-13/h4-8,10-11,14-16H,9H2,1-3H3. The molecule has 19 heavy (non-hydrogen) atoms. The van der Waals surface area contributed by atoms with Crippen LogP contribution >= 0.6 is 0 Å². The summed E-state index contributed by atoms with van der Waals surface area (Å²) in [6, 6.07) is 10.5. The molecule has 1 heterocycles. The Morgan fingerprint density at radius 2 is 2.05 bits per heavy atom. The molecule has 0 aliphatic carbocycles. The number of nitrogens with zero attached hydrogens (tertiary/aromatic N) is 2. The molecular weight excluding hydrogens is 238 g/mol. The number of likely N-dealkylation sites (N-methyl/N-ethyl adjacent to an activating group) is 1. The molecule has 2 unspecified atom stereocenters. The van der Waals surface area contributed by atoms with Gasteiger partial charge in [-0.3, -0.25) is 4.68 Å². The first-order valence-corrected chi connectivity index (χ1v) is 6.47. The zero-order valence-corrected chi connectivity index (χ0v) is 11.7. The summed E-state index contributed by atoms with van der Waals surface area (Å²) in [7, 11) is 5.66. The van der Waals surface area contributed by atoms with E-state index in [0.717, 1.165) is 6.42 Å². The molecule has 2 atom stereocenters. The molecule has 2 rings (SSSR count). The third kappa shape index (κ3) is 3.43. The Hall–Kier alpha value is -1.65. The lowest BCUT2D eigenvalue weighted by Crippen LogP contribution is -2.35. The first-order valence-electron chi connectivity index (χ1n) is 6.47. The number of benzene rings is 1. The van der Waals surface area contributed by atoms with Crippen molar-refractivity contribution in [2.24, 2.45) is 7.05 Å². The van der Waals surface area contributed by atoms with Crippen molar-refractivity contribution in [3.05, 3.63) is 53.9 Å². The molecule has 0 fully saturated rings. The third-order valence-electron chi connectivity index (χ3n) is 3.33. The van der Waals surface area contributed by atoms with Crippen LogP contribution in [0, 0.1) is 0 Å². The zero-order chi connectivity index (χ0) is 13.7. The average Bonchev–Trinajstić information content (AvgIpc) is 2.85. The number of hydrogen-bond acceptors (Lipinski definition) is 3. The molecule has 4 heteroatoms. The number of rotatable bonds is 6. The topological polar surface area (TPSA) is 39.1 Å². The summed E-state index contributed by atoms with van der Waals surface area (Å²) in [6.07, 6.45) is 4.87. The number of methoxy groups -OCH3 is 1. The van der Waals surface area contributed by atoms with Gasteiger partial charge in [-0.25, -0.2) is 0 Å². The van der Waals surface area contributed by atoms with Crippen LogP contribution in [0.1, 0.15) is 17.2 Å². The van der Waals surface area contributed by atoms with Gasteiger partial charge in [-0.2, -0.15) is 5.10 Å². The highest BCUT2D eigenvalue weighted by Gasteiger charge is 2.22. The summed E-state index contributed by atoms with van der Waals surface area (Å²) < 4.78 is 7.50. The van der Waals surface area contributed by atoms with E-state index in [-0.39, 0.29) is 12.1 Å². The van der Waals surface area contributed by atoms with E-state index in [1.165, 1.54) is 11.1 Å². The smallest absolute Gasteiger partial charge is 0.0977 e. The number of ether oxygens (including phenoxy) is 1. The number of aromatic nitrogens is 2. The molecule has 0 aliphatic heterocycles. The van der Waals surface area contributed by atoms with Gasteiger partial charge < -0.3 is 10.1 Å². The normalized spacial score (nSPS) is 14.3. The van der Waals surface area contributed by atoms with E-state index in [4.69, 9.17) is 4.74 Å². The number of aryl methyl sites for hydroxylation is 1. The Bertz CT molecular complexity index is 495. The summed E-state index contributed by atoms with van der Waals surface area (Å²) >= 11 is 0. The van der Waals surface area contributed by atoms with Gasteiger partial charge in [0.25, 0.3) is 0 Å². The second-order valence-electron chi connectivity index (χ2n) is 4.69. The van der Waals surface area contributed by atoms with Crippen molar-refractivity contribution in [2.75, 3.05) is 14.2 Å². The largest absolute Gasteiger partial charge is 0.375 e. The second-order valence-corrected chi connectivity index (χ2v) is 4.69. The fourth-order valence-electron chi connectivity index (χ4n) is 2.37. The van der Waals surface area contributed by atoms with Crippen LogP contribution in [0.3, 0.4) is 0 Å². The van der Waals surface area contributed by atoms with Crippen LogP contribution in [-0.4, -0.2) is 30.0 Å². The van der Waals surface area contributed by atoms with Crippen LogP contribution < -0.4 is 5.32 Å². The van der Waals surface area contributed by atoms with E-state index in [0.29, 0.717) is 0 Å². The molecule has 0 bridgehead atoms. The lowest BCUT2D eigenvalue weighted by Gasteiger charge is -2.25. The predicted molar refractivity (Wildman–Crippen MR) is 76.0 cm³/mol. The zero-order valence-electron chi connectivity index (χ0n) is 11.7. The maximum Gasteiger partial charge on any atom is 0.0977 e. The van der Waals surface area contributed by atoms with E-state index in [1.807, 2.05) is 49.4 Å². The Morgan fingerprint density at radius 3 is 2.58 bits per heavy atom. The summed E-state index contributed by atoms with van der Waals surface area (Å²) in [5, 5.41) is 7.56. The summed E-state index contributed by atoms with van der Waals surface area (Å²) in [6.45, 7) is 0. The van der Waals surface area contributed by atoms with E-state index in [2.05, 4.69) is 22.5 Å². The molecule has 0 saturated heterocycles. The predicted octanol–water partition coefficient (Wildman–Crippen LogP) is 1.94. The molecule has 0 spiro atoms. The van der Waals surface area contributed by atoms with Crippen LogP contribution in [-0.2, 0) is 18.2 Å². The number of hydrogen-bond donors (Lipinski definition) is 1. The van der Waals surface area contributed by atoms with Crippen molar-refractivity contribution in [2.45, 2.75) is 18.6 Å². The number of nitrogens with one attached hydrogen (secondary N) is 1. The van der Waals surface area contributed by atoms with E-state index in [1.54, 1.807) is 7.11 Å². The first-order chi connectivity index (χ1) is 9.24. The van der Waals surface area contributed by atoms with E-state index in [9.17, 15) is 0 Å². The summed E-state index contributed by atoms with van der Waals surface area (Å²) in [4.78, 5) is 0. The minimum atomic E-state index is 0.0337.